The molecule has 0 aliphatic carbocycles. The van der Waals surface area contributed by atoms with Crippen LogP contribution in [0.5, 0.6) is 0 Å². The van der Waals surface area contributed by atoms with E-state index in [0.717, 1.165) is 10.6 Å². The number of ether oxygens (including phenoxy) is 2. The fourth-order valence-corrected chi connectivity index (χ4v) is 2.07. The average molecular weight is 376 g/mol. The molecule has 8 nitrogen and oxygen atoms in total. The normalized spacial score (nSPS) is 11.0. The second kappa shape index (κ2) is 7.90. The van der Waals surface area contributed by atoms with E-state index in [1.807, 2.05) is 0 Å². The molecular formula is C18H21FN4O4. The molecule has 2 rings (SSSR count). The van der Waals surface area contributed by atoms with Gasteiger partial charge >= 0.3 is 12.2 Å². The topological polar surface area (TPSA) is 108 Å². The first-order chi connectivity index (χ1) is 12.6. The van der Waals surface area contributed by atoms with Crippen molar-refractivity contribution in [1.82, 2.24) is 9.55 Å². The summed E-state index contributed by atoms with van der Waals surface area (Å²) in [6, 6.07) is 3.98. The highest BCUT2D eigenvalue weighted by Gasteiger charge is 2.21. The molecule has 3 N–H and O–H groups in total. The van der Waals surface area contributed by atoms with Gasteiger partial charge in [-0.2, -0.15) is 0 Å². The van der Waals surface area contributed by atoms with Gasteiger partial charge in [-0.25, -0.2) is 23.5 Å². The van der Waals surface area contributed by atoms with Gasteiger partial charge in [0.2, 0.25) is 5.95 Å². The second-order valence-electron chi connectivity index (χ2n) is 6.54. The molecule has 9 heteroatoms. The molecule has 1 heterocycles. The van der Waals surface area contributed by atoms with E-state index in [9.17, 15) is 14.0 Å². The van der Waals surface area contributed by atoms with E-state index in [2.05, 4.69) is 16.9 Å². The van der Waals surface area contributed by atoms with Gasteiger partial charge in [0.25, 0.3) is 0 Å². The smallest absolute Gasteiger partial charge is 0.421 e. The van der Waals surface area contributed by atoms with Crippen LogP contribution < -0.4 is 11.1 Å². The summed E-state index contributed by atoms with van der Waals surface area (Å²) in [6.07, 6.45) is 1.24. The first kappa shape index (κ1) is 20.0. The first-order valence-electron chi connectivity index (χ1n) is 8.03. The van der Waals surface area contributed by atoms with E-state index in [-0.39, 0.29) is 29.5 Å². The SMILES string of the molecule is C=CCOC(=O)Nc1ccc(-c2cn(C(=O)OC(C)(C)C)c(N)n2)c(F)c1. The standard InChI is InChI=1S/C18H21FN4O4/c1-5-8-26-16(24)21-11-6-7-12(13(19)9-11)14-10-23(15(20)22-14)17(25)27-18(2,3)4/h5-7,9-10H,1,8H2,2-4H3,(H2,20,22)(H,21,24). The van der Waals surface area contributed by atoms with Crippen molar-refractivity contribution in [3.8, 4) is 11.3 Å². The third-order valence-electron chi connectivity index (χ3n) is 3.15. The summed E-state index contributed by atoms with van der Waals surface area (Å²) in [7, 11) is 0. The Bertz CT molecular complexity index is 871. The number of hydrogen-bond acceptors (Lipinski definition) is 6. The number of carbonyl (C=O) groups excluding carboxylic acids is 2. The minimum absolute atomic E-state index is 0.0355. The molecule has 0 atom stereocenters. The molecule has 2 aromatic rings. The highest BCUT2D eigenvalue weighted by molar-refractivity contribution is 5.85. The number of rotatable bonds is 4. The Hall–Kier alpha value is -3.36. The summed E-state index contributed by atoms with van der Waals surface area (Å²) in [4.78, 5) is 27.6. The van der Waals surface area contributed by atoms with Gasteiger partial charge in [-0.15, -0.1) is 0 Å². The van der Waals surface area contributed by atoms with Crippen molar-refractivity contribution in [3.63, 3.8) is 0 Å². The predicted molar refractivity (Wildman–Crippen MR) is 98.8 cm³/mol. The zero-order valence-electron chi connectivity index (χ0n) is 15.3. The van der Waals surface area contributed by atoms with Crippen LogP contribution in [0, 0.1) is 5.82 Å². The third kappa shape index (κ3) is 5.30. The molecule has 0 spiro atoms. The lowest BCUT2D eigenvalue weighted by Gasteiger charge is -2.19. The van der Waals surface area contributed by atoms with Crippen LogP contribution in [0.25, 0.3) is 11.3 Å². The Labute approximate surface area is 155 Å². The largest absolute Gasteiger partial charge is 0.445 e. The van der Waals surface area contributed by atoms with Crippen LogP contribution in [-0.4, -0.2) is 33.9 Å². The molecule has 27 heavy (non-hydrogen) atoms. The van der Waals surface area contributed by atoms with E-state index >= 15 is 0 Å². The molecule has 0 saturated carbocycles. The van der Waals surface area contributed by atoms with Gasteiger partial charge < -0.3 is 15.2 Å². The number of nitrogens with two attached hydrogens (primary N) is 1. The number of nitrogens with zero attached hydrogens (tertiary/aromatic N) is 2. The summed E-state index contributed by atoms with van der Waals surface area (Å²) in [5.41, 5.74) is 5.48. The molecule has 0 aliphatic heterocycles. The number of nitrogens with one attached hydrogen (secondary N) is 1. The fraction of sp³-hybridized carbons (Fsp3) is 0.278. The van der Waals surface area contributed by atoms with E-state index in [1.54, 1.807) is 20.8 Å². The van der Waals surface area contributed by atoms with Gasteiger partial charge in [0.1, 0.15) is 18.0 Å². The molecule has 0 radical (unpaired) electrons. The van der Waals surface area contributed by atoms with E-state index in [1.165, 1.54) is 24.4 Å². The minimum Gasteiger partial charge on any atom is -0.445 e. The van der Waals surface area contributed by atoms with E-state index in [4.69, 9.17) is 15.2 Å². The molecule has 0 fully saturated rings. The molecule has 0 saturated heterocycles. The van der Waals surface area contributed by atoms with Crippen LogP contribution in [0.4, 0.5) is 25.6 Å². The number of anilines is 2. The maximum absolute atomic E-state index is 14.4. The van der Waals surface area contributed by atoms with Crippen LogP contribution in [0.2, 0.25) is 0 Å². The van der Waals surface area contributed by atoms with Crippen molar-refractivity contribution in [2.24, 2.45) is 0 Å². The van der Waals surface area contributed by atoms with Crippen molar-refractivity contribution < 1.29 is 23.5 Å². The lowest BCUT2D eigenvalue weighted by molar-refractivity contribution is 0.0540. The number of carbonyl (C=O) groups is 2. The van der Waals surface area contributed by atoms with Crippen molar-refractivity contribution in [2.45, 2.75) is 26.4 Å². The second-order valence-corrected chi connectivity index (χ2v) is 6.54. The van der Waals surface area contributed by atoms with Crippen molar-refractivity contribution >= 4 is 23.8 Å². The summed E-state index contributed by atoms with van der Waals surface area (Å²) in [5, 5.41) is 2.38. The summed E-state index contributed by atoms with van der Waals surface area (Å²) < 4.78 is 25.4. The lowest BCUT2D eigenvalue weighted by Crippen LogP contribution is -2.27. The number of hydrogen-bond donors (Lipinski definition) is 2. The summed E-state index contributed by atoms with van der Waals surface area (Å²) >= 11 is 0. The zero-order chi connectivity index (χ0) is 20.2. The van der Waals surface area contributed by atoms with E-state index in [0.29, 0.717) is 0 Å². The molecule has 144 valence electrons. The molecule has 1 aromatic carbocycles. The highest BCUT2D eigenvalue weighted by atomic mass is 19.1. The quantitative estimate of drug-likeness (QED) is 0.786. The number of benzene rings is 1. The molecule has 1 amide bonds. The molecule has 1 aromatic heterocycles. The number of nitrogen functional groups attached to an aromatic ring is 1. The molecule has 0 aliphatic rings. The highest BCUT2D eigenvalue weighted by Crippen LogP contribution is 2.26. The summed E-state index contributed by atoms with van der Waals surface area (Å²) in [5.74, 6) is -0.792. The maximum Gasteiger partial charge on any atom is 0.421 e. The van der Waals surface area contributed by atoms with Crippen LogP contribution in [0.1, 0.15) is 20.8 Å². The van der Waals surface area contributed by atoms with Gasteiger partial charge in [-0.3, -0.25) is 5.32 Å². The predicted octanol–water partition coefficient (Wildman–Crippen LogP) is 3.79. The van der Waals surface area contributed by atoms with Crippen LogP contribution in [0.15, 0.2) is 37.1 Å². The Morgan fingerprint density at radius 1 is 1.41 bits per heavy atom. The Morgan fingerprint density at radius 3 is 2.70 bits per heavy atom. The number of imidazole rings is 1. The number of halogens is 1. The maximum atomic E-state index is 14.4. The van der Waals surface area contributed by atoms with Crippen molar-refractivity contribution in [2.75, 3.05) is 17.7 Å². The summed E-state index contributed by atoms with van der Waals surface area (Å²) in [6.45, 7) is 8.60. The average Bonchev–Trinajstić information content (AvgIpc) is 2.93. The Balaban J connectivity index is 2.21. The minimum atomic E-state index is -0.736. The van der Waals surface area contributed by atoms with Gasteiger partial charge in [-0.1, -0.05) is 12.7 Å². The fourth-order valence-electron chi connectivity index (χ4n) is 2.07. The zero-order valence-corrected chi connectivity index (χ0v) is 15.3. The third-order valence-corrected chi connectivity index (χ3v) is 3.15. The van der Waals surface area contributed by atoms with Gasteiger partial charge in [-0.05, 0) is 39.0 Å². The van der Waals surface area contributed by atoms with Gasteiger partial charge in [0, 0.05) is 17.4 Å². The van der Waals surface area contributed by atoms with Crippen LogP contribution in [-0.2, 0) is 9.47 Å². The first-order valence-corrected chi connectivity index (χ1v) is 8.03. The lowest BCUT2D eigenvalue weighted by atomic mass is 10.1. The van der Waals surface area contributed by atoms with Gasteiger partial charge in [0.15, 0.2) is 0 Å². The van der Waals surface area contributed by atoms with Crippen LogP contribution >= 0.6 is 0 Å². The molecular weight excluding hydrogens is 355 g/mol. The number of aromatic nitrogens is 2. The Kier molecular flexibility index (Phi) is 5.84. The van der Waals surface area contributed by atoms with Crippen molar-refractivity contribution in [3.05, 3.63) is 42.9 Å². The van der Waals surface area contributed by atoms with Crippen molar-refractivity contribution in [1.29, 1.82) is 0 Å². The monoisotopic (exact) mass is 376 g/mol. The van der Waals surface area contributed by atoms with Gasteiger partial charge in [0.05, 0.1) is 5.69 Å². The van der Waals surface area contributed by atoms with Crippen LogP contribution in [0.3, 0.4) is 0 Å². The Morgan fingerprint density at radius 2 is 2.11 bits per heavy atom. The molecule has 0 unspecified atom stereocenters. The number of amides is 1. The molecule has 0 bridgehead atoms. The van der Waals surface area contributed by atoms with E-state index < -0.39 is 23.6 Å².